The summed E-state index contributed by atoms with van der Waals surface area (Å²) in [6.07, 6.45) is 1.63. The van der Waals surface area contributed by atoms with Gasteiger partial charge in [-0.25, -0.2) is 4.98 Å². The van der Waals surface area contributed by atoms with E-state index in [0.29, 0.717) is 6.54 Å². The molecule has 0 fully saturated rings. The highest BCUT2D eigenvalue weighted by Gasteiger charge is 2.11. The van der Waals surface area contributed by atoms with Crippen LogP contribution in [0.25, 0.3) is 10.2 Å². The smallest absolute Gasteiger partial charge is 0.271 e. The highest BCUT2D eigenvalue weighted by atomic mass is 32.1. The van der Waals surface area contributed by atoms with Crippen molar-refractivity contribution in [3.8, 4) is 0 Å². The van der Waals surface area contributed by atoms with Crippen LogP contribution in [0.1, 0.15) is 23.9 Å². The van der Waals surface area contributed by atoms with Gasteiger partial charge in [-0.2, -0.15) is 5.10 Å². The maximum Gasteiger partial charge on any atom is 0.271 e. The molecule has 0 radical (unpaired) electrons. The Balaban J connectivity index is 2.06. The molecule has 6 heteroatoms. The summed E-state index contributed by atoms with van der Waals surface area (Å²) in [5.74, 6) is 0. The molecule has 0 aromatic carbocycles. The zero-order valence-electron chi connectivity index (χ0n) is 11.8. The van der Waals surface area contributed by atoms with Crippen molar-refractivity contribution in [1.82, 2.24) is 19.3 Å². The fraction of sp³-hybridized carbons (Fsp3) is 0.357. The molecular formula is C14H16N4OS. The normalized spacial score (nSPS) is 11.3. The van der Waals surface area contributed by atoms with Crippen molar-refractivity contribution in [1.29, 1.82) is 0 Å². The van der Waals surface area contributed by atoms with Crippen LogP contribution in [0, 0.1) is 13.8 Å². The van der Waals surface area contributed by atoms with E-state index in [4.69, 9.17) is 0 Å². The van der Waals surface area contributed by atoms with E-state index in [-0.39, 0.29) is 5.56 Å². The second-order valence-corrected chi connectivity index (χ2v) is 5.75. The van der Waals surface area contributed by atoms with E-state index < -0.39 is 0 Å². The standard InChI is InChI=1S/C14H16N4OS/c1-4-18-11(5-10(3)16-18)6-17-8-15-12-9(2)7-20-13(12)14(17)19/h5,7-8H,4,6H2,1-3H3. The van der Waals surface area contributed by atoms with E-state index in [2.05, 4.69) is 10.1 Å². The predicted octanol–water partition coefficient (Wildman–Crippen LogP) is 2.34. The van der Waals surface area contributed by atoms with Crippen LogP contribution in [0.15, 0.2) is 22.6 Å². The molecule has 0 aliphatic heterocycles. The van der Waals surface area contributed by atoms with Crippen molar-refractivity contribution in [2.45, 2.75) is 33.9 Å². The molecule has 0 aliphatic rings. The molecule has 3 aromatic heterocycles. The van der Waals surface area contributed by atoms with Gasteiger partial charge in [0, 0.05) is 6.54 Å². The summed E-state index contributed by atoms with van der Waals surface area (Å²) in [7, 11) is 0. The van der Waals surface area contributed by atoms with Crippen molar-refractivity contribution < 1.29 is 0 Å². The van der Waals surface area contributed by atoms with Crippen LogP contribution in [0.2, 0.25) is 0 Å². The van der Waals surface area contributed by atoms with Crippen molar-refractivity contribution in [3.63, 3.8) is 0 Å². The van der Waals surface area contributed by atoms with Crippen LogP contribution in [-0.2, 0) is 13.1 Å². The van der Waals surface area contributed by atoms with Crippen molar-refractivity contribution in [3.05, 3.63) is 45.1 Å². The number of aryl methyl sites for hydroxylation is 3. The average molecular weight is 288 g/mol. The SMILES string of the molecule is CCn1nc(C)cc1Cn1cnc2c(C)csc2c1=O. The highest BCUT2D eigenvalue weighted by Crippen LogP contribution is 2.19. The monoisotopic (exact) mass is 288 g/mol. The Morgan fingerprint density at radius 1 is 1.35 bits per heavy atom. The lowest BCUT2D eigenvalue weighted by Gasteiger charge is -2.07. The summed E-state index contributed by atoms with van der Waals surface area (Å²) in [4.78, 5) is 16.9. The molecule has 0 saturated heterocycles. The van der Waals surface area contributed by atoms with Gasteiger partial charge in [-0.1, -0.05) is 0 Å². The van der Waals surface area contributed by atoms with Crippen molar-refractivity contribution in [2.75, 3.05) is 0 Å². The summed E-state index contributed by atoms with van der Waals surface area (Å²) in [6, 6.07) is 2.01. The largest absolute Gasteiger partial charge is 0.292 e. The van der Waals surface area contributed by atoms with Crippen LogP contribution < -0.4 is 5.56 Å². The topological polar surface area (TPSA) is 52.7 Å². The van der Waals surface area contributed by atoms with Gasteiger partial charge in [0.25, 0.3) is 5.56 Å². The Morgan fingerprint density at radius 2 is 2.15 bits per heavy atom. The first kappa shape index (κ1) is 13.1. The molecular weight excluding hydrogens is 272 g/mol. The van der Waals surface area contributed by atoms with Gasteiger partial charge in [0.1, 0.15) is 4.70 Å². The molecule has 0 amide bonds. The minimum Gasteiger partial charge on any atom is -0.292 e. The first-order chi connectivity index (χ1) is 9.60. The number of rotatable bonds is 3. The summed E-state index contributed by atoms with van der Waals surface area (Å²) in [5, 5.41) is 6.38. The fourth-order valence-corrected chi connectivity index (χ4v) is 3.30. The highest BCUT2D eigenvalue weighted by molar-refractivity contribution is 7.17. The van der Waals surface area contributed by atoms with Gasteiger partial charge in [-0.05, 0) is 37.8 Å². The molecule has 20 heavy (non-hydrogen) atoms. The number of nitrogens with zero attached hydrogens (tertiary/aromatic N) is 4. The maximum absolute atomic E-state index is 12.5. The molecule has 0 unspecified atom stereocenters. The van der Waals surface area contributed by atoms with Gasteiger partial charge in [0.15, 0.2) is 0 Å². The fourth-order valence-electron chi connectivity index (χ4n) is 2.35. The molecule has 3 rings (SSSR count). The summed E-state index contributed by atoms with van der Waals surface area (Å²) in [6.45, 7) is 7.29. The number of aromatic nitrogens is 4. The molecule has 0 saturated carbocycles. The molecule has 5 nitrogen and oxygen atoms in total. The second-order valence-electron chi connectivity index (χ2n) is 4.87. The van der Waals surface area contributed by atoms with Crippen LogP contribution >= 0.6 is 11.3 Å². The third kappa shape index (κ3) is 2.06. The predicted molar refractivity (Wildman–Crippen MR) is 80.4 cm³/mol. The lowest BCUT2D eigenvalue weighted by Crippen LogP contribution is -2.21. The van der Waals surface area contributed by atoms with E-state index in [9.17, 15) is 4.79 Å². The molecule has 3 aromatic rings. The van der Waals surface area contributed by atoms with Gasteiger partial charge in [-0.3, -0.25) is 14.0 Å². The van der Waals surface area contributed by atoms with Crippen LogP contribution in [0.3, 0.4) is 0 Å². The van der Waals surface area contributed by atoms with Crippen LogP contribution in [-0.4, -0.2) is 19.3 Å². The first-order valence-electron chi connectivity index (χ1n) is 6.56. The maximum atomic E-state index is 12.5. The Bertz CT molecular complexity index is 827. The van der Waals surface area contributed by atoms with E-state index in [1.807, 2.05) is 36.9 Å². The quantitative estimate of drug-likeness (QED) is 0.743. The summed E-state index contributed by atoms with van der Waals surface area (Å²) < 4.78 is 4.30. The number of hydrogen-bond acceptors (Lipinski definition) is 4. The Labute approximate surface area is 120 Å². The molecule has 3 heterocycles. The zero-order valence-corrected chi connectivity index (χ0v) is 12.6. The lowest BCUT2D eigenvalue weighted by molar-refractivity contribution is 0.590. The van der Waals surface area contributed by atoms with Gasteiger partial charge >= 0.3 is 0 Å². The Kier molecular flexibility index (Phi) is 3.17. The van der Waals surface area contributed by atoms with Crippen LogP contribution in [0.4, 0.5) is 0 Å². The number of hydrogen-bond donors (Lipinski definition) is 0. The minimum atomic E-state index is 0.0228. The van der Waals surface area contributed by atoms with E-state index >= 15 is 0 Å². The molecule has 0 spiro atoms. The average Bonchev–Trinajstić information content (AvgIpc) is 2.97. The molecule has 104 valence electrons. The van der Waals surface area contributed by atoms with Crippen molar-refractivity contribution in [2.24, 2.45) is 0 Å². The third-order valence-corrected chi connectivity index (χ3v) is 4.42. The second kappa shape index (κ2) is 4.86. The van der Waals surface area contributed by atoms with E-state index in [0.717, 1.165) is 33.7 Å². The Morgan fingerprint density at radius 3 is 2.90 bits per heavy atom. The van der Waals surface area contributed by atoms with E-state index in [1.54, 1.807) is 10.9 Å². The molecule has 0 N–H and O–H groups in total. The summed E-state index contributed by atoms with van der Waals surface area (Å²) in [5.41, 5.74) is 3.90. The zero-order chi connectivity index (χ0) is 14.3. The van der Waals surface area contributed by atoms with Gasteiger partial charge < -0.3 is 0 Å². The Hall–Kier alpha value is -1.95. The molecule has 0 aliphatic carbocycles. The van der Waals surface area contributed by atoms with Gasteiger partial charge in [-0.15, -0.1) is 11.3 Å². The van der Waals surface area contributed by atoms with E-state index in [1.165, 1.54) is 11.3 Å². The molecule has 0 atom stereocenters. The molecule has 0 bridgehead atoms. The minimum absolute atomic E-state index is 0.0228. The van der Waals surface area contributed by atoms with Crippen molar-refractivity contribution >= 4 is 21.6 Å². The van der Waals surface area contributed by atoms with Gasteiger partial charge in [0.05, 0.1) is 29.8 Å². The first-order valence-corrected chi connectivity index (χ1v) is 7.44. The lowest BCUT2D eigenvalue weighted by atomic mass is 10.3. The number of thiophene rings is 1. The third-order valence-electron chi connectivity index (χ3n) is 3.34. The summed E-state index contributed by atoms with van der Waals surface area (Å²) >= 11 is 1.46. The van der Waals surface area contributed by atoms with Gasteiger partial charge in [0.2, 0.25) is 0 Å². The van der Waals surface area contributed by atoms with Crippen LogP contribution in [0.5, 0.6) is 0 Å². The number of fused-ring (bicyclic) bond motifs is 1.